The van der Waals surface area contributed by atoms with Crippen LogP contribution in [0.1, 0.15) is 27.2 Å². The zero-order chi connectivity index (χ0) is 9.40. The first kappa shape index (κ1) is 11.0. The van der Waals surface area contributed by atoms with Crippen LogP contribution in [-0.2, 0) is 0 Å². The van der Waals surface area contributed by atoms with Crippen LogP contribution in [0.25, 0.3) is 0 Å². The van der Waals surface area contributed by atoms with E-state index >= 15 is 0 Å². The van der Waals surface area contributed by atoms with E-state index in [1.54, 1.807) is 0 Å². The van der Waals surface area contributed by atoms with Crippen LogP contribution in [0.2, 0.25) is 0 Å². The Balaban J connectivity index is 3.86. The predicted molar refractivity (Wildman–Crippen MR) is 56.0 cm³/mol. The molecule has 0 amide bonds. The Hall–Kier alpha value is -0.980. The van der Waals surface area contributed by atoms with Crippen LogP contribution in [0.5, 0.6) is 0 Å². The van der Waals surface area contributed by atoms with Gasteiger partial charge in [0.1, 0.15) is 0 Å². The molecule has 0 aromatic carbocycles. The average molecular weight is 165 g/mol. The van der Waals surface area contributed by atoms with Gasteiger partial charge in [-0.25, -0.2) is 0 Å². The molecule has 0 aromatic heterocycles. The molecule has 0 aromatic rings. The Bertz CT molecular complexity index is 187. The maximum Gasteiger partial charge on any atom is 0.0293 e. The van der Waals surface area contributed by atoms with Crippen molar-refractivity contribution in [2.24, 2.45) is 0 Å². The van der Waals surface area contributed by atoms with E-state index in [1.165, 1.54) is 11.3 Å². The monoisotopic (exact) mass is 165 g/mol. The van der Waals surface area contributed by atoms with Crippen molar-refractivity contribution >= 4 is 0 Å². The minimum absolute atomic E-state index is 0.961. The molecule has 0 saturated heterocycles. The maximum atomic E-state index is 3.83. The lowest BCUT2D eigenvalue weighted by molar-refractivity contribution is 0.875. The summed E-state index contributed by atoms with van der Waals surface area (Å²) < 4.78 is 0. The van der Waals surface area contributed by atoms with Gasteiger partial charge in [-0.15, -0.1) is 0 Å². The zero-order valence-electron chi connectivity index (χ0n) is 8.35. The SMILES string of the molecule is C=C(C)C/C=C\C(=C/C)NCC. The van der Waals surface area contributed by atoms with Crippen molar-refractivity contribution in [3.8, 4) is 0 Å². The van der Waals surface area contributed by atoms with Gasteiger partial charge in [-0.1, -0.05) is 24.3 Å². The Morgan fingerprint density at radius 1 is 1.50 bits per heavy atom. The minimum Gasteiger partial charge on any atom is -0.386 e. The van der Waals surface area contributed by atoms with Gasteiger partial charge < -0.3 is 5.32 Å². The van der Waals surface area contributed by atoms with Crippen molar-refractivity contribution in [1.29, 1.82) is 0 Å². The molecular formula is C11H19N. The van der Waals surface area contributed by atoms with Crippen LogP contribution in [-0.4, -0.2) is 6.54 Å². The molecule has 0 rings (SSSR count). The van der Waals surface area contributed by atoms with Crippen LogP contribution >= 0.6 is 0 Å². The summed E-state index contributed by atoms with van der Waals surface area (Å²) >= 11 is 0. The van der Waals surface area contributed by atoms with Crippen LogP contribution in [0, 0.1) is 0 Å². The lowest BCUT2D eigenvalue weighted by Crippen LogP contribution is -2.09. The third-order valence-corrected chi connectivity index (χ3v) is 1.46. The molecule has 0 saturated carbocycles. The van der Waals surface area contributed by atoms with Gasteiger partial charge in [0.25, 0.3) is 0 Å². The quantitative estimate of drug-likeness (QED) is 0.488. The highest BCUT2D eigenvalue weighted by Gasteiger charge is 1.85. The molecule has 1 nitrogen and oxygen atoms in total. The number of hydrogen-bond donors (Lipinski definition) is 1. The number of hydrogen-bond acceptors (Lipinski definition) is 1. The van der Waals surface area contributed by atoms with Crippen molar-refractivity contribution in [3.63, 3.8) is 0 Å². The first-order chi connectivity index (χ1) is 5.70. The largest absolute Gasteiger partial charge is 0.386 e. The van der Waals surface area contributed by atoms with Gasteiger partial charge in [0, 0.05) is 12.2 Å². The molecule has 0 aliphatic rings. The van der Waals surface area contributed by atoms with Gasteiger partial charge >= 0.3 is 0 Å². The van der Waals surface area contributed by atoms with Gasteiger partial charge in [-0.2, -0.15) is 0 Å². The molecule has 0 atom stereocenters. The fourth-order valence-electron chi connectivity index (χ4n) is 0.848. The third-order valence-electron chi connectivity index (χ3n) is 1.46. The van der Waals surface area contributed by atoms with E-state index in [0.717, 1.165) is 13.0 Å². The highest BCUT2D eigenvalue weighted by Crippen LogP contribution is 1.99. The van der Waals surface area contributed by atoms with Crippen molar-refractivity contribution in [1.82, 2.24) is 5.32 Å². The summed E-state index contributed by atoms with van der Waals surface area (Å²) in [4.78, 5) is 0. The standard InChI is InChI=1S/C11H19N/c1-5-11(12-6-2)9-7-8-10(3)4/h5,7,9,12H,3,6,8H2,1-2,4H3/b9-7-,11-5+. The van der Waals surface area contributed by atoms with Crippen molar-refractivity contribution < 1.29 is 0 Å². The molecule has 0 aliphatic carbocycles. The Morgan fingerprint density at radius 3 is 2.58 bits per heavy atom. The molecule has 0 radical (unpaired) electrons. The number of likely N-dealkylation sites (N-methyl/N-ethyl adjacent to an activating group) is 1. The Kier molecular flexibility index (Phi) is 6.16. The molecule has 12 heavy (non-hydrogen) atoms. The van der Waals surface area contributed by atoms with E-state index < -0.39 is 0 Å². The molecule has 0 heterocycles. The van der Waals surface area contributed by atoms with Crippen molar-refractivity contribution in [2.75, 3.05) is 6.54 Å². The molecule has 0 fully saturated rings. The second-order valence-electron chi connectivity index (χ2n) is 2.84. The molecule has 0 bridgehead atoms. The summed E-state index contributed by atoms with van der Waals surface area (Å²) in [5.41, 5.74) is 2.37. The topological polar surface area (TPSA) is 12.0 Å². The smallest absolute Gasteiger partial charge is 0.0293 e. The van der Waals surface area contributed by atoms with E-state index in [0.29, 0.717) is 0 Å². The van der Waals surface area contributed by atoms with E-state index in [2.05, 4.69) is 37.0 Å². The third kappa shape index (κ3) is 5.78. The molecule has 1 N–H and O–H groups in total. The van der Waals surface area contributed by atoms with Gasteiger partial charge in [0.2, 0.25) is 0 Å². The fourth-order valence-corrected chi connectivity index (χ4v) is 0.848. The van der Waals surface area contributed by atoms with Gasteiger partial charge in [0.15, 0.2) is 0 Å². The van der Waals surface area contributed by atoms with E-state index in [1.807, 2.05) is 13.8 Å². The Morgan fingerprint density at radius 2 is 2.17 bits per heavy atom. The zero-order valence-corrected chi connectivity index (χ0v) is 8.35. The van der Waals surface area contributed by atoms with Crippen molar-refractivity contribution in [2.45, 2.75) is 27.2 Å². The summed E-state index contributed by atoms with van der Waals surface area (Å²) in [6.07, 6.45) is 7.25. The molecular weight excluding hydrogens is 146 g/mol. The van der Waals surface area contributed by atoms with Crippen LogP contribution in [0.15, 0.2) is 36.1 Å². The first-order valence-electron chi connectivity index (χ1n) is 4.41. The minimum atomic E-state index is 0.961. The fraction of sp³-hybridized carbons (Fsp3) is 0.455. The van der Waals surface area contributed by atoms with Gasteiger partial charge in [-0.05, 0) is 33.3 Å². The second kappa shape index (κ2) is 6.71. The summed E-state index contributed by atoms with van der Waals surface area (Å²) in [5.74, 6) is 0. The number of allylic oxidation sites excluding steroid dienone is 4. The first-order valence-corrected chi connectivity index (χ1v) is 4.41. The van der Waals surface area contributed by atoms with Crippen LogP contribution in [0.4, 0.5) is 0 Å². The van der Waals surface area contributed by atoms with Gasteiger partial charge in [-0.3, -0.25) is 0 Å². The van der Waals surface area contributed by atoms with E-state index in [9.17, 15) is 0 Å². The molecule has 1 heteroatoms. The highest BCUT2D eigenvalue weighted by molar-refractivity contribution is 5.17. The lowest BCUT2D eigenvalue weighted by Gasteiger charge is -2.01. The van der Waals surface area contributed by atoms with Gasteiger partial charge in [0.05, 0.1) is 0 Å². The predicted octanol–water partition coefficient (Wildman–Crippen LogP) is 3.02. The van der Waals surface area contributed by atoms with Crippen LogP contribution < -0.4 is 5.32 Å². The molecule has 0 aliphatic heterocycles. The van der Waals surface area contributed by atoms with E-state index in [4.69, 9.17) is 0 Å². The molecule has 68 valence electrons. The second-order valence-corrected chi connectivity index (χ2v) is 2.84. The highest BCUT2D eigenvalue weighted by atomic mass is 14.9. The van der Waals surface area contributed by atoms with Crippen LogP contribution in [0.3, 0.4) is 0 Å². The summed E-state index contributed by atoms with van der Waals surface area (Å²) in [6, 6.07) is 0. The summed E-state index contributed by atoms with van der Waals surface area (Å²) in [7, 11) is 0. The van der Waals surface area contributed by atoms with Crippen molar-refractivity contribution in [3.05, 3.63) is 36.1 Å². The molecule has 0 unspecified atom stereocenters. The molecule has 0 spiro atoms. The average Bonchev–Trinajstić information content (AvgIpc) is 2.02. The normalized spacial score (nSPS) is 12.1. The summed E-state index contributed by atoms with van der Waals surface area (Å²) in [5, 5.41) is 3.25. The lowest BCUT2D eigenvalue weighted by atomic mass is 10.2. The Labute approximate surface area is 75.9 Å². The number of nitrogens with one attached hydrogen (secondary N) is 1. The maximum absolute atomic E-state index is 3.83. The summed E-state index contributed by atoms with van der Waals surface area (Å²) in [6.45, 7) is 11.0. The number of rotatable bonds is 5. The van der Waals surface area contributed by atoms with E-state index in [-0.39, 0.29) is 0 Å².